The average molecular weight is 396 g/mol. The minimum atomic E-state index is -3.99. The van der Waals surface area contributed by atoms with Crippen LogP contribution in [-0.4, -0.2) is 23.0 Å². The van der Waals surface area contributed by atoms with Crippen molar-refractivity contribution < 1.29 is 12.8 Å². The molecule has 2 aromatic carbocycles. The van der Waals surface area contributed by atoms with Crippen molar-refractivity contribution in [2.75, 3.05) is 4.31 Å². The Morgan fingerprint density at radius 1 is 1.04 bits per heavy atom. The molecule has 0 atom stereocenters. The highest BCUT2D eigenvalue weighted by Gasteiger charge is 2.28. The third-order valence-electron chi connectivity index (χ3n) is 4.55. The van der Waals surface area contributed by atoms with Crippen LogP contribution < -0.4 is 4.31 Å². The molecular weight excluding hydrogens is 379 g/mol. The molecule has 0 saturated heterocycles. The van der Waals surface area contributed by atoms with E-state index in [1.165, 1.54) is 41.0 Å². The topological polar surface area (TPSA) is 67.6 Å². The molecule has 0 radical (unpaired) electrons. The Hall–Kier alpha value is -3.26. The lowest BCUT2D eigenvalue weighted by molar-refractivity contribution is 0.590. The highest BCUT2D eigenvalue weighted by Crippen LogP contribution is 2.28. The number of pyridine rings is 1. The number of rotatable bonds is 5. The molecule has 4 aromatic rings. The average Bonchev–Trinajstić information content (AvgIpc) is 3.17. The van der Waals surface area contributed by atoms with Crippen molar-refractivity contribution in [2.45, 2.75) is 18.4 Å². The largest absolute Gasteiger partial charge is 0.288 e. The predicted molar refractivity (Wildman–Crippen MR) is 104 cm³/mol. The van der Waals surface area contributed by atoms with Gasteiger partial charge in [-0.1, -0.05) is 24.3 Å². The second kappa shape index (κ2) is 7.05. The van der Waals surface area contributed by atoms with E-state index in [0.29, 0.717) is 5.69 Å². The van der Waals surface area contributed by atoms with E-state index in [0.717, 1.165) is 11.1 Å². The monoisotopic (exact) mass is 396 g/mol. The predicted octanol–water partition coefficient (Wildman–Crippen LogP) is 3.57. The van der Waals surface area contributed by atoms with E-state index in [4.69, 9.17) is 0 Å². The molecule has 0 N–H and O–H groups in total. The van der Waals surface area contributed by atoms with Crippen LogP contribution in [0.1, 0.15) is 11.1 Å². The first-order valence-electron chi connectivity index (χ1n) is 8.58. The van der Waals surface area contributed by atoms with Crippen LogP contribution in [0.4, 0.5) is 10.1 Å². The van der Waals surface area contributed by atoms with Crippen LogP contribution in [0.3, 0.4) is 0 Å². The maximum Gasteiger partial charge on any atom is 0.268 e. The summed E-state index contributed by atoms with van der Waals surface area (Å²) < 4.78 is 43.4. The van der Waals surface area contributed by atoms with Gasteiger partial charge in [0.25, 0.3) is 10.0 Å². The second-order valence-electron chi connectivity index (χ2n) is 6.35. The lowest BCUT2D eigenvalue weighted by Gasteiger charge is -2.25. The number of hydrogen-bond acceptors (Lipinski definition) is 4. The maximum absolute atomic E-state index is 13.6. The Morgan fingerprint density at radius 3 is 2.54 bits per heavy atom. The number of aromatic nitrogens is 3. The summed E-state index contributed by atoms with van der Waals surface area (Å²) in [4.78, 5) is 0.0328. The van der Waals surface area contributed by atoms with Crippen LogP contribution >= 0.6 is 0 Å². The van der Waals surface area contributed by atoms with Gasteiger partial charge in [-0.2, -0.15) is 0 Å². The van der Waals surface area contributed by atoms with Crippen LogP contribution in [0, 0.1) is 12.7 Å². The quantitative estimate of drug-likeness (QED) is 0.517. The molecule has 0 aliphatic carbocycles. The van der Waals surface area contributed by atoms with Gasteiger partial charge in [-0.05, 0) is 54.4 Å². The van der Waals surface area contributed by atoms with Crippen molar-refractivity contribution in [3.05, 3.63) is 90.1 Å². The summed E-state index contributed by atoms with van der Waals surface area (Å²) in [5.41, 5.74) is 2.42. The highest BCUT2D eigenvalue weighted by atomic mass is 32.2. The molecule has 0 saturated carbocycles. The van der Waals surface area contributed by atoms with Crippen LogP contribution in [-0.2, 0) is 16.6 Å². The fraction of sp³-hybridized carbons (Fsp3) is 0.100. The summed E-state index contributed by atoms with van der Waals surface area (Å²) in [5, 5.41) is 7.74. The first-order chi connectivity index (χ1) is 13.5. The Bertz CT molecular complexity index is 1240. The number of aryl methyl sites for hydroxylation is 1. The number of halogens is 1. The SMILES string of the molecule is Cc1ccccc1CN(c1ccc(F)cc1)S(=O)(=O)c1cccn2cnnc12. The van der Waals surface area contributed by atoms with Crippen molar-refractivity contribution in [3.8, 4) is 0 Å². The van der Waals surface area contributed by atoms with Gasteiger partial charge in [0.2, 0.25) is 0 Å². The zero-order valence-corrected chi connectivity index (χ0v) is 15.8. The van der Waals surface area contributed by atoms with Crippen LogP contribution in [0.25, 0.3) is 5.65 Å². The summed E-state index contributed by atoms with van der Waals surface area (Å²) in [6, 6.07) is 16.1. The first-order valence-corrected chi connectivity index (χ1v) is 10.0. The molecule has 8 heteroatoms. The molecule has 0 amide bonds. The minimum Gasteiger partial charge on any atom is -0.288 e. The number of anilines is 1. The summed E-state index contributed by atoms with van der Waals surface area (Å²) in [6.07, 6.45) is 3.12. The smallest absolute Gasteiger partial charge is 0.268 e. The second-order valence-corrected chi connectivity index (χ2v) is 8.18. The van der Waals surface area contributed by atoms with Crippen molar-refractivity contribution in [2.24, 2.45) is 0 Å². The Morgan fingerprint density at radius 2 is 1.79 bits per heavy atom. The van der Waals surface area contributed by atoms with Crippen molar-refractivity contribution >= 4 is 21.4 Å². The van der Waals surface area contributed by atoms with Crippen LogP contribution in [0.2, 0.25) is 0 Å². The normalized spacial score (nSPS) is 11.6. The summed E-state index contributed by atoms with van der Waals surface area (Å²) in [5.74, 6) is -0.434. The lowest BCUT2D eigenvalue weighted by atomic mass is 10.1. The number of hydrogen-bond donors (Lipinski definition) is 0. The van der Waals surface area contributed by atoms with Gasteiger partial charge < -0.3 is 0 Å². The van der Waals surface area contributed by atoms with Crippen molar-refractivity contribution in [1.29, 1.82) is 0 Å². The molecule has 6 nitrogen and oxygen atoms in total. The van der Waals surface area contributed by atoms with E-state index in [1.807, 2.05) is 31.2 Å². The molecule has 142 valence electrons. The van der Waals surface area contributed by atoms with E-state index in [9.17, 15) is 12.8 Å². The standard InChI is InChI=1S/C20H17FN4O2S/c1-15-5-2-3-6-16(15)13-25(18-10-8-17(21)9-11-18)28(26,27)19-7-4-12-24-14-22-23-20(19)24/h2-12,14H,13H2,1H3. The molecule has 0 unspecified atom stereocenters. The van der Waals surface area contributed by atoms with Gasteiger partial charge in [0.1, 0.15) is 17.0 Å². The van der Waals surface area contributed by atoms with Gasteiger partial charge in [-0.25, -0.2) is 12.8 Å². The molecular formula is C20H17FN4O2S. The molecule has 2 aromatic heterocycles. The molecule has 0 aliphatic rings. The molecule has 28 heavy (non-hydrogen) atoms. The fourth-order valence-corrected chi connectivity index (χ4v) is 4.58. The number of benzene rings is 2. The van der Waals surface area contributed by atoms with Gasteiger partial charge >= 0.3 is 0 Å². The van der Waals surface area contributed by atoms with Crippen LogP contribution in [0.5, 0.6) is 0 Å². The summed E-state index contributed by atoms with van der Waals surface area (Å²) >= 11 is 0. The highest BCUT2D eigenvalue weighted by molar-refractivity contribution is 7.93. The Labute approximate surface area is 161 Å². The van der Waals surface area contributed by atoms with E-state index in [1.54, 1.807) is 16.7 Å². The number of sulfonamides is 1. The van der Waals surface area contributed by atoms with Crippen molar-refractivity contribution in [1.82, 2.24) is 14.6 Å². The van der Waals surface area contributed by atoms with Gasteiger partial charge in [-0.3, -0.25) is 8.71 Å². The third kappa shape index (κ3) is 3.22. The fourth-order valence-electron chi connectivity index (χ4n) is 3.01. The summed E-state index contributed by atoms with van der Waals surface area (Å²) in [6.45, 7) is 2.03. The third-order valence-corrected chi connectivity index (χ3v) is 6.34. The zero-order chi connectivity index (χ0) is 19.7. The van der Waals surface area contributed by atoms with E-state index >= 15 is 0 Å². The van der Waals surface area contributed by atoms with Gasteiger partial charge in [0.15, 0.2) is 5.65 Å². The van der Waals surface area contributed by atoms with Gasteiger partial charge in [0.05, 0.1) is 12.2 Å². The molecule has 0 bridgehead atoms. The lowest BCUT2D eigenvalue weighted by Crippen LogP contribution is -2.31. The maximum atomic E-state index is 13.6. The molecule has 0 fully saturated rings. The molecule has 2 heterocycles. The van der Waals surface area contributed by atoms with E-state index < -0.39 is 15.8 Å². The minimum absolute atomic E-state index is 0.0328. The first kappa shape index (κ1) is 18.1. The number of fused-ring (bicyclic) bond motifs is 1. The Balaban J connectivity index is 1.88. The Kier molecular flexibility index (Phi) is 4.56. The number of nitrogens with zero attached hydrogens (tertiary/aromatic N) is 4. The van der Waals surface area contributed by atoms with Crippen molar-refractivity contribution in [3.63, 3.8) is 0 Å². The van der Waals surface area contributed by atoms with E-state index in [-0.39, 0.29) is 17.1 Å². The van der Waals surface area contributed by atoms with E-state index in [2.05, 4.69) is 10.2 Å². The van der Waals surface area contributed by atoms with Gasteiger partial charge in [0, 0.05) is 6.20 Å². The van der Waals surface area contributed by atoms with Gasteiger partial charge in [-0.15, -0.1) is 10.2 Å². The summed E-state index contributed by atoms with van der Waals surface area (Å²) in [7, 11) is -3.99. The molecule has 0 spiro atoms. The molecule has 0 aliphatic heterocycles. The van der Waals surface area contributed by atoms with Crippen LogP contribution in [0.15, 0.2) is 78.1 Å². The zero-order valence-electron chi connectivity index (χ0n) is 15.0. The molecule has 4 rings (SSSR count).